The van der Waals surface area contributed by atoms with Crippen molar-refractivity contribution in [3.63, 3.8) is 0 Å². The average molecular weight is 530 g/mol. The number of hydrogen-bond donors (Lipinski definition) is 2. The number of hydrogen-bond acceptors (Lipinski definition) is 7. The van der Waals surface area contributed by atoms with Gasteiger partial charge in [-0.3, -0.25) is 14.3 Å². The molecule has 0 aliphatic rings. The Morgan fingerprint density at radius 1 is 1.10 bits per heavy atom. The molecule has 0 aliphatic heterocycles. The quantitative estimate of drug-likeness (QED) is 0.333. The van der Waals surface area contributed by atoms with Crippen molar-refractivity contribution in [1.29, 1.82) is 0 Å². The third-order valence-corrected chi connectivity index (χ3v) is 6.45. The van der Waals surface area contributed by atoms with E-state index in [4.69, 9.17) is 10.2 Å². The number of amides is 1. The minimum atomic E-state index is -0.706. The molecular formula is C30H23N7O3. The fraction of sp³-hybridized carbons (Fsp3) is 0.100. The highest BCUT2D eigenvalue weighted by Gasteiger charge is 2.26. The first kappa shape index (κ1) is 24.6. The monoisotopic (exact) mass is 529 g/mol. The molecule has 2 aromatic carbocycles. The smallest absolute Gasteiger partial charge is 0.259 e. The molecule has 0 saturated heterocycles. The molecule has 4 heterocycles. The van der Waals surface area contributed by atoms with Gasteiger partial charge in [0.1, 0.15) is 16.9 Å². The van der Waals surface area contributed by atoms with Crippen LogP contribution in [0.2, 0.25) is 0 Å². The maximum atomic E-state index is 14.1. The third kappa shape index (κ3) is 4.35. The van der Waals surface area contributed by atoms with Crippen LogP contribution in [-0.4, -0.2) is 30.3 Å². The molecule has 0 aliphatic carbocycles. The minimum absolute atomic E-state index is 0.0449. The largest absolute Gasteiger partial charge is 0.458 e. The summed E-state index contributed by atoms with van der Waals surface area (Å²) in [5, 5.41) is 11.6. The van der Waals surface area contributed by atoms with Crippen molar-refractivity contribution in [3.05, 3.63) is 112 Å². The van der Waals surface area contributed by atoms with Crippen molar-refractivity contribution < 1.29 is 9.21 Å². The number of anilines is 1. The molecule has 0 bridgehead atoms. The lowest BCUT2D eigenvalue weighted by Gasteiger charge is -2.18. The molecule has 40 heavy (non-hydrogen) atoms. The van der Waals surface area contributed by atoms with E-state index in [1.165, 1.54) is 4.52 Å². The number of nitrogens with zero attached hydrogens (tertiary/aromatic N) is 5. The van der Waals surface area contributed by atoms with E-state index in [0.29, 0.717) is 39.1 Å². The normalized spacial score (nSPS) is 11.8. The van der Waals surface area contributed by atoms with Crippen LogP contribution in [-0.2, 0) is 7.05 Å². The van der Waals surface area contributed by atoms with Gasteiger partial charge in [0.15, 0.2) is 11.5 Å². The zero-order valence-electron chi connectivity index (χ0n) is 21.6. The maximum Gasteiger partial charge on any atom is 0.259 e. The number of carbonyl (C=O) groups excluding carboxylic acids is 1. The average Bonchev–Trinajstić information content (AvgIpc) is 3.53. The molecular weight excluding hydrogens is 506 g/mol. The summed E-state index contributed by atoms with van der Waals surface area (Å²) in [6.07, 6.45) is 6.67. The number of aromatic nitrogens is 5. The first-order valence-electron chi connectivity index (χ1n) is 12.5. The van der Waals surface area contributed by atoms with E-state index >= 15 is 0 Å². The van der Waals surface area contributed by atoms with Crippen molar-refractivity contribution in [2.24, 2.45) is 7.05 Å². The molecule has 0 spiro atoms. The molecule has 1 atom stereocenters. The van der Waals surface area contributed by atoms with Crippen molar-refractivity contribution in [1.82, 2.24) is 29.7 Å². The van der Waals surface area contributed by atoms with Crippen LogP contribution in [0.3, 0.4) is 0 Å². The molecule has 0 radical (unpaired) electrons. The Kier molecular flexibility index (Phi) is 6.09. The number of nitrogens with one attached hydrogen (secondary N) is 1. The van der Waals surface area contributed by atoms with Crippen LogP contribution in [0.4, 0.5) is 5.82 Å². The van der Waals surface area contributed by atoms with E-state index in [1.54, 1.807) is 60.7 Å². The fourth-order valence-corrected chi connectivity index (χ4v) is 4.63. The lowest BCUT2D eigenvalue weighted by atomic mass is 9.97. The second kappa shape index (κ2) is 9.89. The second-order valence-corrected chi connectivity index (χ2v) is 9.21. The predicted octanol–water partition coefficient (Wildman–Crippen LogP) is 3.71. The standard InChI is InChI=1S/C30H23N7O3/c1-18(34-30(39)25-28(31)35-37-15-7-14-32-29(25)37)27-24(20-8-4-3-5-9-20)26(38)23-21(10-6-11-22(23)40-27)13-12-19-16-33-36(2)17-19/h3-11,14-18H,1-2H3,(H2,31,35)(H,34,39)/t18-/m0/s1. The van der Waals surface area contributed by atoms with Crippen molar-refractivity contribution in [3.8, 4) is 23.0 Å². The first-order chi connectivity index (χ1) is 19.4. The summed E-state index contributed by atoms with van der Waals surface area (Å²) in [4.78, 5) is 31.7. The predicted molar refractivity (Wildman–Crippen MR) is 150 cm³/mol. The number of aryl methyl sites for hydroxylation is 1. The maximum absolute atomic E-state index is 14.1. The summed E-state index contributed by atoms with van der Waals surface area (Å²) in [5.41, 5.74) is 8.87. The van der Waals surface area contributed by atoms with Gasteiger partial charge >= 0.3 is 0 Å². The second-order valence-electron chi connectivity index (χ2n) is 9.21. The molecule has 6 rings (SSSR count). The number of nitrogens with two attached hydrogens (primary N) is 1. The first-order valence-corrected chi connectivity index (χ1v) is 12.5. The highest BCUT2D eigenvalue weighted by molar-refractivity contribution is 6.04. The van der Waals surface area contributed by atoms with E-state index < -0.39 is 11.9 Å². The lowest BCUT2D eigenvalue weighted by molar-refractivity contribution is 0.0938. The van der Waals surface area contributed by atoms with Crippen LogP contribution < -0.4 is 16.5 Å². The van der Waals surface area contributed by atoms with Crippen LogP contribution >= 0.6 is 0 Å². The summed E-state index contributed by atoms with van der Waals surface area (Å²) in [5.74, 6) is 6.02. The molecule has 1 amide bonds. The Hall–Kier alpha value is -5.69. The number of rotatable bonds is 4. The van der Waals surface area contributed by atoms with Gasteiger partial charge < -0.3 is 15.5 Å². The molecule has 0 unspecified atom stereocenters. The molecule has 196 valence electrons. The van der Waals surface area contributed by atoms with E-state index in [9.17, 15) is 9.59 Å². The zero-order valence-corrected chi connectivity index (χ0v) is 21.6. The van der Waals surface area contributed by atoms with Gasteiger partial charge in [-0.2, -0.15) is 5.10 Å². The third-order valence-electron chi connectivity index (χ3n) is 6.45. The highest BCUT2D eigenvalue weighted by Crippen LogP contribution is 2.30. The Labute approximate surface area is 228 Å². The minimum Gasteiger partial charge on any atom is -0.458 e. The van der Waals surface area contributed by atoms with Gasteiger partial charge in [0, 0.05) is 31.2 Å². The van der Waals surface area contributed by atoms with E-state index in [0.717, 1.165) is 5.56 Å². The molecule has 4 aromatic heterocycles. The van der Waals surface area contributed by atoms with Crippen molar-refractivity contribution in [2.75, 3.05) is 5.73 Å². The van der Waals surface area contributed by atoms with Gasteiger partial charge in [0.25, 0.3) is 5.91 Å². The summed E-state index contributed by atoms with van der Waals surface area (Å²) in [6.45, 7) is 1.75. The van der Waals surface area contributed by atoms with Gasteiger partial charge in [-0.1, -0.05) is 48.2 Å². The summed E-state index contributed by atoms with van der Waals surface area (Å²) < 4.78 is 9.46. The lowest BCUT2D eigenvalue weighted by Crippen LogP contribution is -2.28. The van der Waals surface area contributed by atoms with E-state index in [1.807, 2.05) is 37.4 Å². The van der Waals surface area contributed by atoms with Gasteiger partial charge in [-0.15, -0.1) is 5.10 Å². The number of fused-ring (bicyclic) bond motifs is 2. The fourth-order valence-electron chi connectivity index (χ4n) is 4.63. The van der Waals surface area contributed by atoms with Crippen LogP contribution in [0.1, 0.15) is 40.2 Å². The van der Waals surface area contributed by atoms with E-state index in [-0.39, 0.29) is 16.8 Å². The van der Waals surface area contributed by atoms with Crippen molar-refractivity contribution >= 4 is 28.3 Å². The summed E-state index contributed by atoms with van der Waals surface area (Å²) in [6, 6.07) is 15.5. The number of carbonyl (C=O) groups is 1. The van der Waals surface area contributed by atoms with Crippen LogP contribution in [0.5, 0.6) is 0 Å². The Bertz CT molecular complexity index is 2030. The van der Waals surface area contributed by atoms with Gasteiger partial charge in [0.05, 0.1) is 28.8 Å². The van der Waals surface area contributed by atoms with Gasteiger partial charge in [0.2, 0.25) is 5.43 Å². The number of benzene rings is 2. The number of nitrogen functional groups attached to an aromatic ring is 1. The Morgan fingerprint density at radius 2 is 1.93 bits per heavy atom. The molecule has 0 fully saturated rings. The van der Waals surface area contributed by atoms with Gasteiger partial charge in [-0.25, -0.2) is 9.50 Å². The Morgan fingerprint density at radius 3 is 2.70 bits per heavy atom. The summed E-state index contributed by atoms with van der Waals surface area (Å²) in [7, 11) is 1.81. The van der Waals surface area contributed by atoms with Crippen molar-refractivity contribution in [2.45, 2.75) is 13.0 Å². The molecule has 10 nitrogen and oxygen atoms in total. The molecule has 3 N–H and O–H groups in total. The highest BCUT2D eigenvalue weighted by atomic mass is 16.3. The molecule has 0 saturated carbocycles. The van der Waals surface area contributed by atoms with Gasteiger partial charge in [-0.05, 0) is 30.7 Å². The van der Waals surface area contributed by atoms with Crippen LogP contribution in [0, 0.1) is 11.8 Å². The zero-order chi connectivity index (χ0) is 27.8. The molecule has 10 heteroatoms. The van der Waals surface area contributed by atoms with Crippen LogP contribution in [0.15, 0.2) is 88.6 Å². The van der Waals surface area contributed by atoms with E-state index in [2.05, 4.69) is 32.3 Å². The Balaban J connectivity index is 1.48. The molecule has 6 aromatic rings. The van der Waals surface area contributed by atoms with Crippen LogP contribution in [0.25, 0.3) is 27.7 Å². The topological polar surface area (TPSA) is 133 Å². The SMILES string of the molecule is C[C@H](NC(=O)c1c(N)nn2cccnc12)c1oc2cccc(C#Cc3cnn(C)c3)c2c(=O)c1-c1ccccc1. The summed E-state index contributed by atoms with van der Waals surface area (Å²) >= 11 is 0.